The van der Waals surface area contributed by atoms with Gasteiger partial charge in [0.25, 0.3) is 6.47 Å². The summed E-state index contributed by atoms with van der Waals surface area (Å²) in [6, 6.07) is 3.58. The maximum absolute atomic E-state index is 10.6. The Balaban J connectivity index is 0.000000492. The second-order valence-electron chi connectivity index (χ2n) is 4.92. The molecule has 1 aliphatic heterocycles. The van der Waals surface area contributed by atoms with E-state index in [0.29, 0.717) is 25.8 Å². The Morgan fingerprint density at radius 3 is 2.42 bits per heavy atom. The van der Waals surface area contributed by atoms with Gasteiger partial charge in [0, 0.05) is 33.0 Å². The molecule has 0 saturated carbocycles. The third kappa shape index (κ3) is 9.12. The Morgan fingerprint density at radius 2 is 2.04 bits per heavy atom. The van der Waals surface area contributed by atoms with Crippen LogP contribution in [0.1, 0.15) is 38.9 Å². The van der Waals surface area contributed by atoms with Crippen molar-refractivity contribution >= 4 is 12.8 Å². The van der Waals surface area contributed by atoms with Crippen molar-refractivity contribution in [2.24, 2.45) is 0 Å². The van der Waals surface area contributed by atoms with Gasteiger partial charge in [-0.25, -0.2) is 0 Å². The lowest BCUT2D eigenvalue weighted by Gasteiger charge is -2.31. The quantitative estimate of drug-likeness (QED) is 0.821. The van der Waals surface area contributed by atoms with Crippen LogP contribution in [0.4, 0.5) is 0 Å². The summed E-state index contributed by atoms with van der Waals surface area (Å²) >= 11 is 0. The number of hydrogen-bond donors (Lipinski definition) is 1. The molecule has 0 saturated heterocycles. The highest BCUT2D eigenvalue weighted by molar-refractivity contribution is 5.70. The van der Waals surface area contributed by atoms with E-state index in [1.807, 2.05) is 13.0 Å². The van der Waals surface area contributed by atoms with E-state index in [-0.39, 0.29) is 11.7 Å². The number of aldehydes is 1. The number of aliphatic hydroxyl groups is 1. The Kier molecular flexibility index (Phi) is 11.2. The molecule has 24 heavy (non-hydrogen) atoms. The first-order valence-electron chi connectivity index (χ1n) is 7.60. The maximum Gasteiger partial charge on any atom is 0.293 e. The molecule has 2 unspecified atom stereocenters. The van der Waals surface area contributed by atoms with Crippen LogP contribution in [0, 0.1) is 0 Å². The van der Waals surface area contributed by atoms with Gasteiger partial charge in [0.15, 0.2) is 12.0 Å². The van der Waals surface area contributed by atoms with E-state index < -0.39 is 5.79 Å². The van der Waals surface area contributed by atoms with Crippen LogP contribution < -0.4 is 0 Å². The Bertz CT molecular complexity index is 475. The number of allylic oxidation sites excluding steroid dienone is 2. The Morgan fingerprint density at radius 1 is 1.38 bits per heavy atom. The molecule has 2 heterocycles. The molecule has 1 aliphatic rings. The second kappa shape index (κ2) is 12.3. The summed E-state index contributed by atoms with van der Waals surface area (Å²) in [5.41, 5.74) is 0. The summed E-state index contributed by atoms with van der Waals surface area (Å²) in [5, 5.41) is 9.78. The van der Waals surface area contributed by atoms with Crippen LogP contribution in [0.5, 0.6) is 0 Å². The molecule has 7 nitrogen and oxygen atoms in total. The molecule has 7 heteroatoms. The fourth-order valence-electron chi connectivity index (χ4n) is 1.81. The molecule has 0 bridgehead atoms. The van der Waals surface area contributed by atoms with Gasteiger partial charge in [0.05, 0.1) is 12.9 Å². The van der Waals surface area contributed by atoms with Crippen molar-refractivity contribution in [3.63, 3.8) is 0 Å². The SMILES string of the molecule is CC1(O)CC(c2ccco2)C=C(C=O)O1.CCOC.CCOC=O. The van der Waals surface area contributed by atoms with Crippen LogP contribution >= 0.6 is 0 Å². The molecular weight excluding hydrogens is 316 g/mol. The van der Waals surface area contributed by atoms with Crippen molar-refractivity contribution in [2.75, 3.05) is 20.3 Å². The fraction of sp³-hybridized carbons (Fsp3) is 0.529. The predicted molar refractivity (Wildman–Crippen MR) is 87.2 cm³/mol. The first-order valence-corrected chi connectivity index (χ1v) is 7.60. The third-order valence-electron chi connectivity index (χ3n) is 2.85. The first-order chi connectivity index (χ1) is 11.4. The maximum atomic E-state index is 10.6. The monoisotopic (exact) mass is 342 g/mol. The van der Waals surface area contributed by atoms with Crippen molar-refractivity contribution in [1.82, 2.24) is 0 Å². The zero-order chi connectivity index (χ0) is 18.4. The van der Waals surface area contributed by atoms with Crippen molar-refractivity contribution in [2.45, 2.75) is 38.9 Å². The molecule has 0 spiro atoms. The number of ether oxygens (including phenoxy) is 3. The molecule has 0 radical (unpaired) electrons. The zero-order valence-corrected chi connectivity index (χ0v) is 14.6. The number of furan rings is 1. The highest BCUT2D eigenvalue weighted by Gasteiger charge is 2.33. The number of carbonyl (C=O) groups is 2. The van der Waals surface area contributed by atoms with E-state index in [9.17, 15) is 14.7 Å². The van der Waals surface area contributed by atoms with Gasteiger partial charge in [-0.05, 0) is 32.1 Å². The van der Waals surface area contributed by atoms with Crippen LogP contribution in [0.2, 0.25) is 0 Å². The van der Waals surface area contributed by atoms with Gasteiger partial charge in [0.1, 0.15) is 5.76 Å². The summed E-state index contributed by atoms with van der Waals surface area (Å²) < 4.78 is 19.0. The van der Waals surface area contributed by atoms with E-state index in [1.165, 1.54) is 6.92 Å². The molecule has 0 aliphatic carbocycles. The minimum atomic E-state index is -1.32. The highest BCUT2D eigenvalue weighted by Crippen LogP contribution is 2.34. The molecule has 0 amide bonds. The molecule has 2 rings (SSSR count). The largest absolute Gasteiger partial charge is 0.469 e. The smallest absolute Gasteiger partial charge is 0.293 e. The molecule has 1 aromatic rings. The molecule has 0 aromatic carbocycles. The lowest BCUT2D eigenvalue weighted by molar-refractivity contribution is -0.178. The van der Waals surface area contributed by atoms with Gasteiger partial charge in [0.2, 0.25) is 5.79 Å². The molecule has 2 atom stereocenters. The normalized spacial score (nSPS) is 21.7. The van der Waals surface area contributed by atoms with Gasteiger partial charge < -0.3 is 23.7 Å². The first kappa shape index (κ1) is 21.9. The lowest BCUT2D eigenvalue weighted by Crippen LogP contribution is -2.33. The van der Waals surface area contributed by atoms with Gasteiger partial charge >= 0.3 is 0 Å². The van der Waals surface area contributed by atoms with Gasteiger partial charge in [-0.15, -0.1) is 0 Å². The second-order valence-corrected chi connectivity index (χ2v) is 4.92. The fourth-order valence-corrected chi connectivity index (χ4v) is 1.81. The average molecular weight is 342 g/mol. The topological polar surface area (TPSA) is 95.2 Å². The van der Waals surface area contributed by atoms with Crippen LogP contribution in [0.3, 0.4) is 0 Å². The number of hydrogen-bond acceptors (Lipinski definition) is 7. The lowest BCUT2D eigenvalue weighted by atomic mass is 9.94. The van der Waals surface area contributed by atoms with Crippen LogP contribution in [0.15, 0.2) is 34.6 Å². The molecule has 1 N–H and O–H groups in total. The Labute approximate surface area is 142 Å². The van der Waals surface area contributed by atoms with Crippen molar-refractivity contribution in [1.29, 1.82) is 0 Å². The summed E-state index contributed by atoms with van der Waals surface area (Å²) in [6.07, 6.45) is 4.18. The van der Waals surface area contributed by atoms with Crippen LogP contribution in [-0.2, 0) is 23.8 Å². The van der Waals surface area contributed by atoms with Gasteiger partial charge in [-0.3, -0.25) is 9.59 Å². The number of rotatable bonds is 5. The summed E-state index contributed by atoms with van der Waals surface area (Å²) in [5.74, 6) is -0.572. The van der Waals surface area contributed by atoms with Crippen LogP contribution in [-0.4, -0.2) is 44.0 Å². The summed E-state index contributed by atoms with van der Waals surface area (Å²) in [7, 11) is 1.68. The van der Waals surface area contributed by atoms with Gasteiger partial charge in [-0.1, -0.05) is 0 Å². The molecule has 1 aromatic heterocycles. The zero-order valence-electron chi connectivity index (χ0n) is 14.6. The van der Waals surface area contributed by atoms with Crippen molar-refractivity contribution < 1.29 is 33.3 Å². The minimum absolute atomic E-state index is 0.121. The minimum Gasteiger partial charge on any atom is -0.469 e. The van der Waals surface area contributed by atoms with Crippen molar-refractivity contribution in [3.05, 3.63) is 36.0 Å². The predicted octanol–water partition coefficient (Wildman–Crippen LogP) is 2.41. The van der Waals surface area contributed by atoms with Crippen molar-refractivity contribution in [3.8, 4) is 0 Å². The molecule has 136 valence electrons. The van der Waals surface area contributed by atoms with E-state index in [1.54, 1.807) is 32.4 Å². The van der Waals surface area contributed by atoms with E-state index in [4.69, 9.17) is 9.15 Å². The number of carbonyl (C=O) groups excluding carboxylic acids is 2. The standard InChI is InChI=1S/C11H12O4.C3H6O2.C3H8O/c1-11(13)6-8(5-9(7-12)15-11)10-3-2-4-14-10;1-2-5-3-4;1-3-4-2/h2-5,7-8,13H,6H2,1H3;3H,2H2,1H3;3H2,1-2H3. The molecule has 0 fully saturated rings. The summed E-state index contributed by atoms with van der Waals surface area (Å²) in [4.78, 5) is 19.8. The van der Waals surface area contributed by atoms with Crippen LogP contribution in [0.25, 0.3) is 0 Å². The van der Waals surface area contributed by atoms with Gasteiger partial charge in [-0.2, -0.15) is 0 Å². The molecular formula is C17H26O7. The third-order valence-corrected chi connectivity index (χ3v) is 2.85. The average Bonchev–Trinajstić information content (AvgIpc) is 3.09. The summed E-state index contributed by atoms with van der Waals surface area (Å²) in [6.45, 7) is 6.97. The van der Waals surface area contributed by atoms with E-state index >= 15 is 0 Å². The van der Waals surface area contributed by atoms with E-state index in [2.05, 4.69) is 9.47 Å². The van der Waals surface area contributed by atoms with E-state index in [0.717, 1.165) is 12.4 Å². The highest BCUT2D eigenvalue weighted by atomic mass is 16.6. The Hall–Kier alpha value is -2.12. The number of methoxy groups -OCH3 is 1.